The highest BCUT2D eigenvalue weighted by Gasteiger charge is 2.36. The van der Waals surface area contributed by atoms with Crippen LogP contribution in [0.3, 0.4) is 0 Å². The predicted octanol–water partition coefficient (Wildman–Crippen LogP) is 0.517. The number of nitrogens with zero attached hydrogens (tertiary/aromatic N) is 3. The zero-order valence-corrected chi connectivity index (χ0v) is 11.8. The summed E-state index contributed by atoms with van der Waals surface area (Å²) in [5.41, 5.74) is 0.890. The highest BCUT2D eigenvalue weighted by atomic mass is 16.6. The number of hydrogen-bond donors (Lipinski definition) is 2. The van der Waals surface area contributed by atoms with Gasteiger partial charge >= 0.3 is 5.95 Å². The van der Waals surface area contributed by atoms with Crippen molar-refractivity contribution in [1.29, 1.82) is 0 Å². The normalized spacial score (nSPS) is 14.9. The molecule has 0 radical (unpaired) electrons. The van der Waals surface area contributed by atoms with Gasteiger partial charge in [0.05, 0.1) is 23.8 Å². The van der Waals surface area contributed by atoms with E-state index in [0.29, 0.717) is 11.1 Å². The molecule has 2 N–H and O–H groups in total. The van der Waals surface area contributed by atoms with Crippen LogP contribution in [-0.4, -0.2) is 49.4 Å². The van der Waals surface area contributed by atoms with Gasteiger partial charge in [-0.15, -0.1) is 0 Å². The Hall–Kier alpha value is -3.07. The van der Waals surface area contributed by atoms with E-state index in [1.54, 1.807) is 24.3 Å². The zero-order valence-electron chi connectivity index (χ0n) is 11.8. The Labute approximate surface area is 129 Å². The van der Waals surface area contributed by atoms with Crippen molar-refractivity contribution < 1.29 is 19.6 Å². The number of carbonyl (C=O) groups excluding carboxylic acids is 2. The number of H-pyrrole nitrogens is 1. The van der Waals surface area contributed by atoms with Gasteiger partial charge in [0.2, 0.25) is 0 Å². The number of aromatic nitrogens is 2. The molecule has 118 valence electrons. The van der Waals surface area contributed by atoms with E-state index in [1.165, 1.54) is 6.20 Å². The Morgan fingerprint density at radius 3 is 2.39 bits per heavy atom. The first-order valence-corrected chi connectivity index (χ1v) is 6.79. The van der Waals surface area contributed by atoms with E-state index >= 15 is 0 Å². The van der Waals surface area contributed by atoms with Crippen molar-refractivity contribution in [3.05, 3.63) is 57.4 Å². The second-order valence-electron chi connectivity index (χ2n) is 5.10. The Morgan fingerprint density at radius 1 is 1.26 bits per heavy atom. The van der Waals surface area contributed by atoms with Gasteiger partial charge in [-0.1, -0.05) is 17.1 Å². The molecule has 9 heteroatoms. The first-order chi connectivity index (χ1) is 11.0. The van der Waals surface area contributed by atoms with Gasteiger partial charge in [-0.3, -0.25) is 14.5 Å². The maximum Gasteiger partial charge on any atom is 0.432 e. The minimum Gasteiger partial charge on any atom is -0.391 e. The van der Waals surface area contributed by atoms with Gasteiger partial charge < -0.3 is 15.2 Å². The molecule has 1 aromatic carbocycles. The predicted molar refractivity (Wildman–Crippen MR) is 76.8 cm³/mol. The van der Waals surface area contributed by atoms with Crippen molar-refractivity contribution in [2.75, 3.05) is 6.54 Å². The third kappa shape index (κ3) is 2.69. The standard InChI is InChI=1S/C14H12N4O5/c19-9(5-8-6-15-14(16-8)18(22)23)7-17-12(20)10-3-1-2-4-11(10)13(17)21/h1-4,6,9,19H,5,7H2,(H,15,16)/t9-/m1/s1. The van der Waals surface area contributed by atoms with Gasteiger partial charge in [-0.05, 0) is 17.1 Å². The first-order valence-electron chi connectivity index (χ1n) is 6.79. The lowest BCUT2D eigenvalue weighted by Crippen LogP contribution is -2.37. The van der Waals surface area contributed by atoms with Crippen LogP contribution >= 0.6 is 0 Å². The second-order valence-corrected chi connectivity index (χ2v) is 5.10. The Kier molecular flexibility index (Phi) is 3.62. The largest absolute Gasteiger partial charge is 0.432 e. The van der Waals surface area contributed by atoms with Crippen LogP contribution in [0.2, 0.25) is 0 Å². The van der Waals surface area contributed by atoms with Gasteiger partial charge in [0.1, 0.15) is 6.20 Å². The SMILES string of the molecule is O=C1c2ccccc2C(=O)N1C[C@H](O)Cc1c[nH]c([N+](=O)[O-])n1. The molecule has 0 bridgehead atoms. The Bertz CT molecular complexity index is 765. The van der Waals surface area contributed by atoms with Crippen molar-refractivity contribution in [3.8, 4) is 0 Å². The monoisotopic (exact) mass is 316 g/mol. The molecular formula is C14H12N4O5. The summed E-state index contributed by atoms with van der Waals surface area (Å²) in [6.07, 6.45) is 0.224. The molecule has 0 spiro atoms. The third-order valence-corrected chi connectivity index (χ3v) is 3.51. The second kappa shape index (κ2) is 5.61. The van der Waals surface area contributed by atoms with E-state index in [2.05, 4.69) is 9.97 Å². The molecule has 3 rings (SSSR count). The number of rotatable bonds is 5. The van der Waals surface area contributed by atoms with Crippen LogP contribution in [0.25, 0.3) is 0 Å². The summed E-state index contributed by atoms with van der Waals surface area (Å²) >= 11 is 0. The summed E-state index contributed by atoms with van der Waals surface area (Å²) in [5.74, 6) is -1.34. The van der Waals surface area contributed by atoms with Gasteiger partial charge in [0, 0.05) is 6.42 Å². The van der Waals surface area contributed by atoms with E-state index in [1.807, 2.05) is 0 Å². The highest BCUT2D eigenvalue weighted by Crippen LogP contribution is 2.22. The lowest BCUT2D eigenvalue weighted by Gasteiger charge is -2.17. The molecule has 1 aliphatic rings. The molecule has 2 amide bonds. The number of nitrogens with one attached hydrogen (secondary N) is 1. The van der Waals surface area contributed by atoms with Crippen molar-refractivity contribution in [2.24, 2.45) is 0 Å². The van der Waals surface area contributed by atoms with Gasteiger partial charge in [-0.2, -0.15) is 0 Å². The van der Waals surface area contributed by atoms with Crippen molar-refractivity contribution in [1.82, 2.24) is 14.9 Å². The van der Waals surface area contributed by atoms with E-state index in [4.69, 9.17) is 0 Å². The fraction of sp³-hybridized carbons (Fsp3) is 0.214. The molecule has 23 heavy (non-hydrogen) atoms. The lowest BCUT2D eigenvalue weighted by atomic mass is 10.1. The topological polar surface area (TPSA) is 129 Å². The number of amides is 2. The summed E-state index contributed by atoms with van der Waals surface area (Å²) in [7, 11) is 0. The summed E-state index contributed by atoms with van der Waals surface area (Å²) in [6, 6.07) is 6.43. The van der Waals surface area contributed by atoms with Crippen molar-refractivity contribution in [2.45, 2.75) is 12.5 Å². The number of imide groups is 1. The fourth-order valence-corrected chi connectivity index (χ4v) is 2.47. The molecule has 2 heterocycles. The number of benzene rings is 1. The van der Waals surface area contributed by atoms with Gasteiger partial charge in [-0.25, -0.2) is 4.98 Å². The molecule has 0 saturated heterocycles. The van der Waals surface area contributed by atoms with Crippen LogP contribution in [-0.2, 0) is 6.42 Å². The summed E-state index contributed by atoms with van der Waals surface area (Å²) in [5, 5.41) is 20.6. The molecular weight excluding hydrogens is 304 g/mol. The van der Waals surface area contributed by atoms with Crippen molar-refractivity contribution >= 4 is 17.8 Å². The molecule has 1 aromatic heterocycles. The van der Waals surface area contributed by atoms with Crippen LogP contribution in [0.15, 0.2) is 30.5 Å². The maximum atomic E-state index is 12.2. The summed E-state index contributed by atoms with van der Waals surface area (Å²) < 4.78 is 0. The number of hydrogen-bond acceptors (Lipinski definition) is 6. The molecule has 1 atom stereocenters. The smallest absolute Gasteiger partial charge is 0.391 e. The van der Waals surface area contributed by atoms with Crippen molar-refractivity contribution in [3.63, 3.8) is 0 Å². The molecule has 0 unspecified atom stereocenters. The number of aliphatic hydroxyl groups excluding tert-OH is 1. The highest BCUT2D eigenvalue weighted by molar-refractivity contribution is 6.21. The summed E-state index contributed by atoms with van der Waals surface area (Å²) in [6.45, 7) is -0.201. The molecule has 9 nitrogen and oxygen atoms in total. The minimum absolute atomic E-state index is 0.0161. The number of carbonyl (C=O) groups is 2. The number of β-amino-alcohol motifs (C(OH)–C–C–N with tert-alkyl or cyclic N) is 1. The van der Waals surface area contributed by atoms with E-state index < -0.39 is 28.8 Å². The lowest BCUT2D eigenvalue weighted by molar-refractivity contribution is -0.393. The van der Waals surface area contributed by atoms with Crippen LogP contribution < -0.4 is 0 Å². The minimum atomic E-state index is -1.07. The molecule has 0 fully saturated rings. The first kappa shape index (κ1) is 14.9. The Morgan fingerprint density at radius 2 is 1.87 bits per heavy atom. The van der Waals surface area contributed by atoms with E-state index in [-0.39, 0.29) is 18.7 Å². The third-order valence-electron chi connectivity index (χ3n) is 3.51. The average molecular weight is 316 g/mol. The van der Waals surface area contributed by atoms with E-state index in [9.17, 15) is 24.8 Å². The number of aromatic amines is 1. The number of imidazole rings is 1. The summed E-state index contributed by atoms with van der Waals surface area (Å²) in [4.78, 5) is 41.2. The fourth-order valence-electron chi connectivity index (χ4n) is 2.47. The number of nitro groups is 1. The van der Waals surface area contributed by atoms with Crippen LogP contribution in [0, 0.1) is 10.1 Å². The van der Waals surface area contributed by atoms with E-state index in [0.717, 1.165) is 4.90 Å². The molecule has 0 saturated carbocycles. The number of aliphatic hydroxyl groups is 1. The maximum absolute atomic E-state index is 12.2. The zero-order chi connectivity index (χ0) is 16.6. The van der Waals surface area contributed by atoms with Gasteiger partial charge in [0.25, 0.3) is 11.8 Å². The average Bonchev–Trinajstić information content (AvgIpc) is 3.07. The Balaban J connectivity index is 1.69. The van der Waals surface area contributed by atoms with Crippen LogP contribution in [0.1, 0.15) is 26.4 Å². The van der Waals surface area contributed by atoms with Crippen LogP contribution in [0.5, 0.6) is 0 Å². The molecule has 1 aliphatic heterocycles. The number of fused-ring (bicyclic) bond motifs is 1. The quantitative estimate of drug-likeness (QED) is 0.470. The van der Waals surface area contributed by atoms with Crippen LogP contribution in [0.4, 0.5) is 5.95 Å². The molecule has 0 aliphatic carbocycles. The van der Waals surface area contributed by atoms with Gasteiger partial charge in [0.15, 0.2) is 5.69 Å². The molecule has 2 aromatic rings.